The zero-order valence-corrected chi connectivity index (χ0v) is 15.3. The number of rotatable bonds is 6. The van der Waals surface area contributed by atoms with E-state index in [1.54, 1.807) is 0 Å². The molecule has 0 amide bonds. The van der Waals surface area contributed by atoms with Crippen molar-refractivity contribution in [2.45, 2.75) is 82.1 Å². The molecule has 0 aliphatic heterocycles. The Morgan fingerprint density at radius 1 is 0.895 bits per heavy atom. The standard InChI is InChI=1S/C16H33N.C2H6/c1-10-15(6,7)11-16(8,9)12-17-13(2)14(3,4)5;1-2/h17H,2,10-12H2,1,3-9H3;1-2H3. The fraction of sp³-hybridized carbons (Fsp3) is 0.889. The van der Waals surface area contributed by atoms with Crippen molar-refractivity contribution in [2.24, 2.45) is 16.2 Å². The van der Waals surface area contributed by atoms with E-state index >= 15 is 0 Å². The predicted molar refractivity (Wildman–Crippen MR) is 90.4 cm³/mol. The summed E-state index contributed by atoms with van der Waals surface area (Å²) in [5, 5.41) is 3.52. The lowest BCUT2D eigenvalue weighted by Crippen LogP contribution is -2.35. The van der Waals surface area contributed by atoms with E-state index < -0.39 is 0 Å². The van der Waals surface area contributed by atoms with Crippen LogP contribution in [0, 0.1) is 16.2 Å². The van der Waals surface area contributed by atoms with Crippen molar-refractivity contribution in [1.29, 1.82) is 0 Å². The molecule has 0 aromatic carbocycles. The van der Waals surface area contributed by atoms with E-state index in [9.17, 15) is 0 Å². The Bertz CT molecular complexity index is 253. The molecular formula is C18H39N. The van der Waals surface area contributed by atoms with Gasteiger partial charge in [0, 0.05) is 17.7 Å². The van der Waals surface area contributed by atoms with E-state index in [0.717, 1.165) is 12.2 Å². The van der Waals surface area contributed by atoms with Crippen LogP contribution in [0.15, 0.2) is 12.3 Å². The molecule has 0 atom stereocenters. The zero-order valence-electron chi connectivity index (χ0n) is 15.3. The lowest BCUT2D eigenvalue weighted by Gasteiger charge is -2.36. The molecule has 0 aromatic rings. The van der Waals surface area contributed by atoms with Gasteiger partial charge >= 0.3 is 0 Å². The minimum absolute atomic E-state index is 0.149. The first kappa shape index (κ1) is 20.8. The normalized spacial score (nSPS) is 12.5. The Balaban J connectivity index is 0. The molecule has 0 aliphatic rings. The van der Waals surface area contributed by atoms with Gasteiger partial charge in [-0.3, -0.25) is 0 Å². The van der Waals surface area contributed by atoms with Crippen LogP contribution >= 0.6 is 0 Å². The van der Waals surface area contributed by atoms with E-state index in [0.29, 0.717) is 10.8 Å². The summed E-state index contributed by atoms with van der Waals surface area (Å²) in [6, 6.07) is 0. The van der Waals surface area contributed by atoms with Crippen LogP contribution in [-0.4, -0.2) is 6.54 Å². The van der Waals surface area contributed by atoms with Crippen molar-refractivity contribution >= 4 is 0 Å². The topological polar surface area (TPSA) is 12.0 Å². The fourth-order valence-corrected chi connectivity index (χ4v) is 2.09. The average Bonchev–Trinajstić information content (AvgIpc) is 2.26. The highest BCUT2D eigenvalue weighted by Crippen LogP contribution is 2.36. The Hall–Kier alpha value is -0.460. The van der Waals surface area contributed by atoms with Gasteiger partial charge in [0.15, 0.2) is 0 Å². The Labute approximate surface area is 123 Å². The number of hydrogen-bond acceptors (Lipinski definition) is 1. The molecule has 1 nitrogen and oxygen atoms in total. The molecule has 0 aromatic heterocycles. The monoisotopic (exact) mass is 269 g/mol. The predicted octanol–water partition coefficient (Wildman–Crippen LogP) is 6.01. The van der Waals surface area contributed by atoms with Gasteiger partial charge in [-0.1, -0.05) is 82.2 Å². The summed E-state index contributed by atoms with van der Waals surface area (Å²) in [5.41, 5.74) is 2.03. The summed E-state index contributed by atoms with van der Waals surface area (Å²) < 4.78 is 0. The molecule has 0 unspecified atom stereocenters. The first-order chi connectivity index (χ1) is 8.40. The van der Waals surface area contributed by atoms with Crippen molar-refractivity contribution < 1.29 is 0 Å². The van der Waals surface area contributed by atoms with Crippen LogP contribution in [0.1, 0.15) is 82.1 Å². The third-order valence-corrected chi connectivity index (χ3v) is 3.60. The van der Waals surface area contributed by atoms with Crippen LogP contribution in [-0.2, 0) is 0 Å². The highest BCUT2D eigenvalue weighted by Gasteiger charge is 2.28. The molecule has 19 heavy (non-hydrogen) atoms. The van der Waals surface area contributed by atoms with Gasteiger partial charge in [-0.25, -0.2) is 0 Å². The minimum atomic E-state index is 0.149. The fourth-order valence-electron chi connectivity index (χ4n) is 2.09. The molecule has 0 radical (unpaired) electrons. The molecule has 1 N–H and O–H groups in total. The van der Waals surface area contributed by atoms with Crippen LogP contribution in [0.3, 0.4) is 0 Å². The van der Waals surface area contributed by atoms with Crippen LogP contribution < -0.4 is 5.32 Å². The van der Waals surface area contributed by atoms with Crippen LogP contribution in [0.4, 0.5) is 0 Å². The van der Waals surface area contributed by atoms with Gasteiger partial charge in [0.05, 0.1) is 0 Å². The quantitative estimate of drug-likeness (QED) is 0.622. The molecule has 0 spiro atoms. The van der Waals surface area contributed by atoms with E-state index in [4.69, 9.17) is 0 Å². The molecule has 0 saturated heterocycles. The molecular weight excluding hydrogens is 230 g/mol. The van der Waals surface area contributed by atoms with Crippen molar-refractivity contribution in [3.63, 3.8) is 0 Å². The molecule has 0 rings (SSSR count). The summed E-state index contributed by atoms with van der Waals surface area (Å²) in [4.78, 5) is 0. The van der Waals surface area contributed by atoms with Crippen LogP contribution in [0.2, 0.25) is 0 Å². The van der Waals surface area contributed by atoms with E-state index in [1.165, 1.54) is 12.8 Å². The van der Waals surface area contributed by atoms with Gasteiger partial charge in [-0.05, 0) is 17.3 Å². The number of allylic oxidation sites excluding steroid dienone is 1. The number of hydrogen-bond donors (Lipinski definition) is 1. The van der Waals surface area contributed by atoms with Crippen LogP contribution in [0.5, 0.6) is 0 Å². The first-order valence-electron chi connectivity index (χ1n) is 7.83. The highest BCUT2D eigenvalue weighted by molar-refractivity contribution is 5.03. The third-order valence-electron chi connectivity index (χ3n) is 3.60. The second-order valence-corrected chi connectivity index (χ2v) is 7.94. The Morgan fingerprint density at radius 2 is 1.32 bits per heavy atom. The van der Waals surface area contributed by atoms with E-state index in [1.807, 2.05) is 13.8 Å². The molecule has 0 fully saturated rings. The first-order valence-corrected chi connectivity index (χ1v) is 7.83. The average molecular weight is 270 g/mol. The SMILES string of the molecule is C=C(NCC(C)(C)CC(C)(C)CC)C(C)(C)C.CC. The zero-order chi connectivity index (χ0) is 15.9. The lowest BCUT2D eigenvalue weighted by molar-refractivity contribution is 0.185. The van der Waals surface area contributed by atoms with Gasteiger partial charge in [-0.2, -0.15) is 0 Å². The Kier molecular flexibility index (Phi) is 8.74. The largest absolute Gasteiger partial charge is 0.388 e. The van der Waals surface area contributed by atoms with Crippen LogP contribution in [0.25, 0.3) is 0 Å². The van der Waals surface area contributed by atoms with E-state index in [2.05, 4.69) is 67.3 Å². The third kappa shape index (κ3) is 10.0. The minimum Gasteiger partial charge on any atom is -0.388 e. The summed E-state index contributed by atoms with van der Waals surface area (Å²) in [7, 11) is 0. The van der Waals surface area contributed by atoms with Crippen molar-refractivity contribution in [2.75, 3.05) is 6.54 Å². The molecule has 0 aliphatic carbocycles. The molecule has 0 bridgehead atoms. The molecule has 0 saturated carbocycles. The highest BCUT2D eigenvalue weighted by atomic mass is 14.9. The van der Waals surface area contributed by atoms with Gasteiger partial charge in [-0.15, -0.1) is 0 Å². The summed E-state index contributed by atoms with van der Waals surface area (Å²) in [5.74, 6) is 0. The van der Waals surface area contributed by atoms with Crippen molar-refractivity contribution in [1.82, 2.24) is 5.32 Å². The second-order valence-electron chi connectivity index (χ2n) is 7.94. The molecule has 116 valence electrons. The van der Waals surface area contributed by atoms with Gasteiger partial charge in [0.25, 0.3) is 0 Å². The van der Waals surface area contributed by atoms with Crippen molar-refractivity contribution in [3.05, 3.63) is 12.3 Å². The lowest BCUT2D eigenvalue weighted by atomic mass is 9.73. The summed E-state index contributed by atoms with van der Waals surface area (Å²) in [6.07, 6.45) is 2.47. The molecule has 1 heteroatoms. The van der Waals surface area contributed by atoms with E-state index in [-0.39, 0.29) is 5.41 Å². The maximum atomic E-state index is 4.13. The smallest absolute Gasteiger partial charge is 0.0195 e. The Morgan fingerprint density at radius 3 is 1.63 bits per heavy atom. The maximum absolute atomic E-state index is 4.13. The molecule has 0 heterocycles. The maximum Gasteiger partial charge on any atom is 0.0195 e. The summed E-state index contributed by atoms with van der Waals surface area (Å²) in [6.45, 7) is 27.4. The van der Waals surface area contributed by atoms with Gasteiger partial charge in [0.2, 0.25) is 0 Å². The van der Waals surface area contributed by atoms with Crippen molar-refractivity contribution in [3.8, 4) is 0 Å². The van der Waals surface area contributed by atoms with Gasteiger partial charge < -0.3 is 5.32 Å². The second kappa shape index (κ2) is 7.97. The van der Waals surface area contributed by atoms with Gasteiger partial charge in [0.1, 0.15) is 0 Å². The number of nitrogens with one attached hydrogen (secondary N) is 1. The summed E-state index contributed by atoms with van der Waals surface area (Å²) >= 11 is 0.